The molecule has 0 saturated carbocycles. The molecule has 1 aromatic heterocycles. The monoisotopic (exact) mass is 230 g/mol. The van der Waals surface area contributed by atoms with E-state index in [9.17, 15) is 4.39 Å². The first-order valence-corrected chi connectivity index (χ1v) is 5.38. The smallest absolute Gasteiger partial charge is 0.221 e. The molecule has 1 aromatic carbocycles. The van der Waals surface area contributed by atoms with E-state index in [0.29, 0.717) is 5.82 Å². The van der Waals surface area contributed by atoms with Crippen molar-refractivity contribution in [2.45, 2.75) is 6.42 Å². The fourth-order valence-corrected chi connectivity index (χ4v) is 2.10. The van der Waals surface area contributed by atoms with Gasteiger partial charge in [-0.05, 0) is 30.2 Å². The van der Waals surface area contributed by atoms with Crippen LogP contribution in [0.1, 0.15) is 5.56 Å². The maximum Gasteiger partial charge on any atom is 0.221 e. The number of anilines is 3. The summed E-state index contributed by atoms with van der Waals surface area (Å²) in [5, 5.41) is 0. The van der Waals surface area contributed by atoms with Crippen LogP contribution in [0.15, 0.2) is 30.5 Å². The number of hydrogen-bond donors (Lipinski definition) is 1. The molecule has 0 radical (unpaired) electrons. The topological polar surface area (TPSA) is 55.0 Å². The number of nitrogens with zero attached hydrogens (tertiary/aromatic N) is 3. The first-order valence-electron chi connectivity index (χ1n) is 5.38. The lowest BCUT2D eigenvalue weighted by molar-refractivity contribution is 0.628. The fraction of sp³-hybridized carbons (Fsp3) is 0.167. The third-order valence-corrected chi connectivity index (χ3v) is 2.88. The van der Waals surface area contributed by atoms with Crippen LogP contribution in [0.2, 0.25) is 0 Å². The quantitative estimate of drug-likeness (QED) is 0.812. The lowest BCUT2D eigenvalue weighted by atomic mass is 10.2. The summed E-state index contributed by atoms with van der Waals surface area (Å²) >= 11 is 0. The number of halogens is 1. The van der Waals surface area contributed by atoms with Gasteiger partial charge in [-0.3, -0.25) is 0 Å². The van der Waals surface area contributed by atoms with E-state index in [4.69, 9.17) is 5.73 Å². The third-order valence-electron chi connectivity index (χ3n) is 2.88. The molecule has 5 heteroatoms. The van der Waals surface area contributed by atoms with Crippen molar-refractivity contribution in [1.29, 1.82) is 0 Å². The molecule has 3 rings (SSSR count). The number of fused-ring (bicyclic) bond motifs is 1. The summed E-state index contributed by atoms with van der Waals surface area (Å²) in [4.78, 5) is 9.96. The Morgan fingerprint density at radius 3 is 3.00 bits per heavy atom. The first-order chi connectivity index (χ1) is 8.24. The van der Waals surface area contributed by atoms with E-state index in [1.165, 1.54) is 12.1 Å². The maximum absolute atomic E-state index is 13.2. The number of rotatable bonds is 1. The van der Waals surface area contributed by atoms with Gasteiger partial charge in [-0.1, -0.05) is 6.07 Å². The molecule has 0 saturated heterocycles. The van der Waals surface area contributed by atoms with E-state index >= 15 is 0 Å². The molecule has 4 nitrogen and oxygen atoms in total. The Hall–Kier alpha value is -2.17. The van der Waals surface area contributed by atoms with Gasteiger partial charge in [-0.15, -0.1) is 0 Å². The van der Waals surface area contributed by atoms with Crippen LogP contribution in [-0.2, 0) is 6.42 Å². The Morgan fingerprint density at radius 2 is 2.18 bits per heavy atom. The van der Waals surface area contributed by atoms with Gasteiger partial charge in [0.25, 0.3) is 0 Å². The Kier molecular flexibility index (Phi) is 2.18. The van der Waals surface area contributed by atoms with E-state index in [1.54, 1.807) is 12.3 Å². The van der Waals surface area contributed by atoms with Gasteiger partial charge >= 0.3 is 0 Å². The van der Waals surface area contributed by atoms with E-state index in [0.717, 1.165) is 24.2 Å². The minimum atomic E-state index is -0.238. The largest absolute Gasteiger partial charge is 0.368 e. The molecule has 0 atom stereocenters. The van der Waals surface area contributed by atoms with Crippen molar-refractivity contribution in [1.82, 2.24) is 9.97 Å². The summed E-state index contributed by atoms with van der Waals surface area (Å²) in [6.07, 6.45) is 2.49. The van der Waals surface area contributed by atoms with E-state index in [-0.39, 0.29) is 11.8 Å². The Bertz CT molecular complexity index is 570. The SMILES string of the molecule is Nc1nccc(N2CCc3ccc(F)cc32)n1. The molecule has 17 heavy (non-hydrogen) atoms. The Morgan fingerprint density at radius 1 is 1.29 bits per heavy atom. The molecule has 86 valence electrons. The van der Waals surface area contributed by atoms with Crippen molar-refractivity contribution in [2.75, 3.05) is 17.2 Å². The van der Waals surface area contributed by atoms with Gasteiger partial charge in [-0.2, -0.15) is 4.98 Å². The molecular formula is C12H11FN4. The van der Waals surface area contributed by atoms with E-state index in [1.807, 2.05) is 11.0 Å². The molecule has 2 N–H and O–H groups in total. The van der Waals surface area contributed by atoms with Crippen LogP contribution in [-0.4, -0.2) is 16.5 Å². The summed E-state index contributed by atoms with van der Waals surface area (Å²) in [7, 11) is 0. The van der Waals surface area contributed by atoms with Crippen molar-refractivity contribution in [3.05, 3.63) is 41.8 Å². The maximum atomic E-state index is 13.2. The summed E-state index contributed by atoms with van der Waals surface area (Å²) in [5.41, 5.74) is 7.55. The normalized spacial score (nSPS) is 13.8. The first kappa shape index (κ1) is 10.0. The molecule has 0 fully saturated rings. The number of hydrogen-bond acceptors (Lipinski definition) is 4. The average molecular weight is 230 g/mol. The zero-order valence-corrected chi connectivity index (χ0v) is 9.10. The molecule has 1 aliphatic heterocycles. The highest BCUT2D eigenvalue weighted by molar-refractivity contribution is 5.67. The highest BCUT2D eigenvalue weighted by Crippen LogP contribution is 2.33. The second kappa shape index (κ2) is 3.69. The number of nitrogen functional groups attached to an aromatic ring is 1. The molecular weight excluding hydrogens is 219 g/mol. The lowest BCUT2D eigenvalue weighted by Gasteiger charge is -2.18. The lowest BCUT2D eigenvalue weighted by Crippen LogP contribution is -2.15. The zero-order valence-electron chi connectivity index (χ0n) is 9.10. The van der Waals surface area contributed by atoms with Gasteiger partial charge < -0.3 is 10.6 Å². The Balaban J connectivity index is 2.06. The molecule has 0 aliphatic carbocycles. The summed E-state index contributed by atoms with van der Waals surface area (Å²) in [6.45, 7) is 0.787. The molecule has 0 amide bonds. The number of benzene rings is 1. The average Bonchev–Trinajstić information content (AvgIpc) is 2.71. The van der Waals surface area contributed by atoms with Gasteiger partial charge in [0, 0.05) is 18.4 Å². The molecule has 0 unspecified atom stereocenters. The van der Waals surface area contributed by atoms with Crippen molar-refractivity contribution in [3.8, 4) is 0 Å². The highest BCUT2D eigenvalue weighted by Gasteiger charge is 2.21. The number of nitrogens with two attached hydrogens (primary N) is 1. The summed E-state index contributed by atoms with van der Waals surface area (Å²) in [5.74, 6) is 0.701. The molecule has 1 aliphatic rings. The van der Waals surface area contributed by atoms with Crippen molar-refractivity contribution < 1.29 is 4.39 Å². The van der Waals surface area contributed by atoms with Gasteiger partial charge in [-0.25, -0.2) is 9.37 Å². The molecule has 0 bridgehead atoms. The van der Waals surface area contributed by atoms with Crippen molar-refractivity contribution in [2.24, 2.45) is 0 Å². The van der Waals surface area contributed by atoms with Crippen LogP contribution in [0.5, 0.6) is 0 Å². The van der Waals surface area contributed by atoms with Crippen LogP contribution >= 0.6 is 0 Å². The van der Waals surface area contributed by atoms with Crippen LogP contribution in [0.25, 0.3) is 0 Å². The summed E-state index contributed by atoms with van der Waals surface area (Å²) in [6, 6.07) is 6.60. The van der Waals surface area contributed by atoms with Crippen molar-refractivity contribution >= 4 is 17.5 Å². The summed E-state index contributed by atoms with van der Waals surface area (Å²) < 4.78 is 13.2. The van der Waals surface area contributed by atoms with Gasteiger partial charge in [0.05, 0.1) is 0 Å². The second-order valence-electron chi connectivity index (χ2n) is 3.95. The van der Waals surface area contributed by atoms with Crippen LogP contribution < -0.4 is 10.6 Å². The molecule has 2 heterocycles. The molecule has 0 spiro atoms. The second-order valence-corrected chi connectivity index (χ2v) is 3.95. The van der Waals surface area contributed by atoms with Crippen molar-refractivity contribution in [3.63, 3.8) is 0 Å². The third kappa shape index (κ3) is 1.69. The predicted octanol–water partition coefficient (Wildman–Crippen LogP) is 1.89. The minimum absolute atomic E-state index is 0.229. The fourth-order valence-electron chi connectivity index (χ4n) is 2.10. The van der Waals surface area contributed by atoms with Gasteiger partial charge in [0.1, 0.15) is 11.6 Å². The minimum Gasteiger partial charge on any atom is -0.368 e. The predicted molar refractivity (Wildman–Crippen MR) is 63.6 cm³/mol. The van der Waals surface area contributed by atoms with Crippen LogP contribution in [0, 0.1) is 5.82 Å². The zero-order chi connectivity index (χ0) is 11.8. The number of aromatic nitrogens is 2. The van der Waals surface area contributed by atoms with Crippen LogP contribution in [0.3, 0.4) is 0 Å². The van der Waals surface area contributed by atoms with E-state index < -0.39 is 0 Å². The van der Waals surface area contributed by atoms with E-state index in [2.05, 4.69) is 9.97 Å². The molecule has 2 aromatic rings. The highest BCUT2D eigenvalue weighted by atomic mass is 19.1. The standard InChI is InChI=1S/C12H11FN4/c13-9-2-1-8-4-6-17(10(8)7-9)11-3-5-15-12(14)16-11/h1-3,5,7H,4,6H2,(H2,14,15,16). The Labute approximate surface area is 97.9 Å². The van der Waals surface area contributed by atoms with Gasteiger partial charge in [0.2, 0.25) is 5.95 Å². The van der Waals surface area contributed by atoms with Crippen LogP contribution in [0.4, 0.5) is 21.8 Å². The van der Waals surface area contributed by atoms with Gasteiger partial charge in [0.15, 0.2) is 0 Å².